The first-order valence-corrected chi connectivity index (χ1v) is 7.56. The summed E-state index contributed by atoms with van der Waals surface area (Å²) in [6.07, 6.45) is 1.99. The van der Waals surface area contributed by atoms with Gasteiger partial charge < -0.3 is 14.0 Å². The van der Waals surface area contributed by atoms with Gasteiger partial charge >= 0.3 is 0 Å². The Bertz CT molecular complexity index is 905. The number of rotatable bonds is 4. The lowest BCUT2D eigenvalue weighted by Crippen LogP contribution is -1.94. The highest BCUT2D eigenvalue weighted by atomic mass is 16.5. The number of aromatic nitrogens is 1. The molecule has 0 fully saturated rings. The number of nitrogens with zero attached hydrogens (tertiary/aromatic N) is 2. The van der Waals surface area contributed by atoms with Crippen LogP contribution >= 0.6 is 0 Å². The van der Waals surface area contributed by atoms with E-state index in [1.165, 1.54) is 0 Å². The van der Waals surface area contributed by atoms with Gasteiger partial charge in [-0.3, -0.25) is 0 Å². The second-order valence-electron chi connectivity index (χ2n) is 5.42. The van der Waals surface area contributed by atoms with Gasteiger partial charge in [-0.15, -0.1) is 0 Å². The Balaban J connectivity index is 2.20. The summed E-state index contributed by atoms with van der Waals surface area (Å²) < 4.78 is 12.7. The van der Waals surface area contributed by atoms with Crippen molar-refractivity contribution in [3.63, 3.8) is 0 Å². The molecule has 0 saturated heterocycles. The number of ether oxygens (including phenoxy) is 2. The average Bonchev–Trinajstić information content (AvgIpc) is 2.98. The molecule has 3 rings (SSSR count). The quantitative estimate of drug-likeness (QED) is 0.722. The highest BCUT2D eigenvalue weighted by Crippen LogP contribution is 2.37. The Morgan fingerprint density at radius 3 is 2.25 bits per heavy atom. The van der Waals surface area contributed by atoms with Crippen molar-refractivity contribution in [3.8, 4) is 40.0 Å². The Kier molecular flexibility index (Phi) is 4.26. The molecule has 0 atom stereocenters. The smallest absolute Gasteiger partial charge is 0.161 e. The van der Waals surface area contributed by atoms with Crippen molar-refractivity contribution in [2.75, 3.05) is 14.2 Å². The number of methoxy groups -OCH3 is 2. The summed E-state index contributed by atoms with van der Waals surface area (Å²) in [5.74, 6) is 1.30. The van der Waals surface area contributed by atoms with Gasteiger partial charge in [0, 0.05) is 24.4 Å². The molecule has 120 valence electrons. The molecule has 0 saturated carbocycles. The fourth-order valence-corrected chi connectivity index (χ4v) is 2.91. The van der Waals surface area contributed by atoms with E-state index in [4.69, 9.17) is 9.47 Å². The van der Waals surface area contributed by atoms with Gasteiger partial charge in [-0.05, 0) is 23.8 Å². The standard InChI is InChI=1S/C20H18N2O2/c1-22-13-17(14-7-5-4-6-8-14)16(12-21)20(22)15-9-10-18(23-2)19(11-15)24-3/h4-11,13H,1-3H3. The topological polar surface area (TPSA) is 47.2 Å². The van der Waals surface area contributed by atoms with Crippen molar-refractivity contribution in [3.05, 3.63) is 60.3 Å². The van der Waals surface area contributed by atoms with E-state index in [1.807, 2.05) is 66.3 Å². The molecule has 4 nitrogen and oxygen atoms in total. The van der Waals surface area contributed by atoms with Gasteiger partial charge in [-0.1, -0.05) is 30.3 Å². The lowest BCUT2D eigenvalue weighted by atomic mass is 10.0. The summed E-state index contributed by atoms with van der Waals surface area (Å²) in [6.45, 7) is 0. The molecule has 0 spiro atoms. The van der Waals surface area contributed by atoms with E-state index in [1.54, 1.807) is 14.2 Å². The number of hydrogen-bond acceptors (Lipinski definition) is 3. The van der Waals surface area contributed by atoms with Gasteiger partial charge in [-0.2, -0.15) is 5.26 Å². The minimum absolute atomic E-state index is 0.640. The van der Waals surface area contributed by atoms with Gasteiger partial charge in [0.1, 0.15) is 6.07 Å². The zero-order valence-corrected chi connectivity index (χ0v) is 13.9. The molecule has 0 radical (unpaired) electrons. The van der Waals surface area contributed by atoms with Crippen LogP contribution in [0.1, 0.15) is 5.56 Å². The molecule has 0 N–H and O–H groups in total. The Labute approximate surface area is 141 Å². The second kappa shape index (κ2) is 6.51. The van der Waals surface area contributed by atoms with Crippen LogP contribution < -0.4 is 9.47 Å². The Morgan fingerprint density at radius 1 is 0.917 bits per heavy atom. The van der Waals surface area contributed by atoms with Crippen molar-refractivity contribution >= 4 is 0 Å². The number of nitriles is 1. The highest BCUT2D eigenvalue weighted by molar-refractivity contribution is 5.82. The molecule has 0 unspecified atom stereocenters. The van der Waals surface area contributed by atoms with Gasteiger partial charge in [0.15, 0.2) is 11.5 Å². The fraction of sp³-hybridized carbons (Fsp3) is 0.150. The van der Waals surface area contributed by atoms with Gasteiger partial charge in [0.25, 0.3) is 0 Å². The molecule has 0 aliphatic rings. The third-order valence-electron chi connectivity index (χ3n) is 4.04. The molecular formula is C20H18N2O2. The molecule has 24 heavy (non-hydrogen) atoms. The van der Waals surface area contributed by atoms with E-state index < -0.39 is 0 Å². The van der Waals surface area contributed by atoms with Gasteiger partial charge in [-0.25, -0.2) is 0 Å². The van der Waals surface area contributed by atoms with Crippen LogP contribution in [0.2, 0.25) is 0 Å². The summed E-state index contributed by atoms with van der Waals surface area (Å²) in [5.41, 5.74) is 4.36. The summed E-state index contributed by atoms with van der Waals surface area (Å²) in [4.78, 5) is 0. The zero-order chi connectivity index (χ0) is 17.1. The maximum absolute atomic E-state index is 9.74. The Hall–Kier alpha value is -3.19. The minimum Gasteiger partial charge on any atom is -0.493 e. The highest BCUT2D eigenvalue weighted by Gasteiger charge is 2.18. The molecule has 1 heterocycles. The number of benzene rings is 2. The van der Waals surface area contributed by atoms with Gasteiger partial charge in [0.2, 0.25) is 0 Å². The molecule has 1 aromatic heterocycles. The summed E-state index contributed by atoms with van der Waals surface area (Å²) in [6, 6.07) is 18.0. The van der Waals surface area contributed by atoms with E-state index in [-0.39, 0.29) is 0 Å². The third-order valence-corrected chi connectivity index (χ3v) is 4.04. The lowest BCUT2D eigenvalue weighted by molar-refractivity contribution is 0.355. The first kappa shape index (κ1) is 15.7. The number of hydrogen-bond donors (Lipinski definition) is 0. The summed E-state index contributed by atoms with van der Waals surface area (Å²) in [7, 11) is 5.15. The summed E-state index contributed by atoms with van der Waals surface area (Å²) >= 11 is 0. The summed E-state index contributed by atoms with van der Waals surface area (Å²) in [5, 5.41) is 9.74. The zero-order valence-electron chi connectivity index (χ0n) is 13.9. The monoisotopic (exact) mass is 318 g/mol. The van der Waals surface area contributed by atoms with Crippen molar-refractivity contribution in [1.82, 2.24) is 4.57 Å². The lowest BCUT2D eigenvalue weighted by Gasteiger charge is -2.10. The predicted molar refractivity (Wildman–Crippen MR) is 94.1 cm³/mol. The van der Waals surface area contributed by atoms with E-state index in [0.717, 1.165) is 22.4 Å². The molecule has 0 amide bonds. The predicted octanol–water partition coefficient (Wildman–Crippen LogP) is 4.25. The van der Waals surface area contributed by atoms with Crippen LogP contribution in [0.25, 0.3) is 22.4 Å². The molecule has 3 aromatic rings. The molecule has 2 aromatic carbocycles. The normalized spacial score (nSPS) is 10.2. The first-order valence-electron chi connectivity index (χ1n) is 7.56. The van der Waals surface area contributed by atoms with E-state index in [0.29, 0.717) is 17.1 Å². The molecule has 0 bridgehead atoms. The van der Waals surface area contributed by atoms with Crippen LogP contribution in [0, 0.1) is 11.3 Å². The van der Waals surface area contributed by atoms with E-state index in [2.05, 4.69) is 6.07 Å². The van der Waals surface area contributed by atoms with Crippen LogP contribution in [-0.4, -0.2) is 18.8 Å². The molecule has 4 heteroatoms. The SMILES string of the molecule is COc1ccc(-c2c(C#N)c(-c3ccccc3)cn2C)cc1OC. The maximum Gasteiger partial charge on any atom is 0.161 e. The van der Waals surface area contributed by atoms with Crippen LogP contribution in [0.5, 0.6) is 11.5 Å². The third kappa shape index (κ3) is 2.61. The average molecular weight is 318 g/mol. The van der Waals surface area contributed by atoms with Gasteiger partial charge in [0.05, 0.1) is 25.5 Å². The second-order valence-corrected chi connectivity index (χ2v) is 5.42. The number of aryl methyl sites for hydroxylation is 1. The largest absolute Gasteiger partial charge is 0.493 e. The van der Waals surface area contributed by atoms with E-state index in [9.17, 15) is 5.26 Å². The molecular weight excluding hydrogens is 300 g/mol. The van der Waals surface area contributed by atoms with Crippen molar-refractivity contribution in [2.24, 2.45) is 7.05 Å². The van der Waals surface area contributed by atoms with Crippen LogP contribution in [0.15, 0.2) is 54.7 Å². The van der Waals surface area contributed by atoms with Crippen molar-refractivity contribution in [1.29, 1.82) is 5.26 Å². The van der Waals surface area contributed by atoms with Crippen molar-refractivity contribution in [2.45, 2.75) is 0 Å². The van der Waals surface area contributed by atoms with Crippen LogP contribution in [0.3, 0.4) is 0 Å². The maximum atomic E-state index is 9.74. The van der Waals surface area contributed by atoms with Crippen LogP contribution in [0.4, 0.5) is 0 Å². The van der Waals surface area contributed by atoms with Crippen molar-refractivity contribution < 1.29 is 9.47 Å². The van der Waals surface area contributed by atoms with Crippen LogP contribution in [-0.2, 0) is 7.05 Å². The minimum atomic E-state index is 0.640. The Morgan fingerprint density at radius 2 is 1.62 bits per heavy atom. The fourth-order valence-electron chi connectivity index (χ4n) is 2.91. The molecule has 0 aliphatic heterocycles. The van der Waals surface area contributed by atoms with E-state index >= 15 is 0 Å². The molecule has 0 aliphatic carbocycles. The first-order chi connectivity index (χ1) is 11.7.